The van der Waals surface area contributed by atoms with Crippen LogP contribution >= 0.6 is 23.2 Å². The Morgan fingerprint density at radius 3 is 2.55 bits per heavy atom. The van der Waals surface area contributed by atoms with Crippen molar-refractivity contribution in [3.05, 3.63) is 74.2 Å². The van der Waals surface area contributed by atoms with Gasteiger partial charge in [-0.05, 0) is 23.8 Å². The molecule has 4 heterocycles. The summed E-state index contributed by atoms with van der Waals surface area (Å²) in [7, 11) is 0. The van der Waals surface area contributed by atoms with Gasteiger partial charge in [0.05, 0.1) is 15.6 Å². The summed E-state index contributed by atoms with van der Waals surface area (Å²) in [4.78, 5) is 21.9. The van der Waals surface area contributed by atoms with Crippen molar-refractivity contribution < 1.29 is 22.2 Å². The van der Waals surface area contributed by atoms with Crippen molar-refractivity contribution in [2.24, 2.45) is 0 Å². The third-order valence-electron chi connectivity index (χ3n) is 4.61. The van der Waals surface area contributed by atoms with Crippen molar-refractivity contribution in [3.63, 3.8) is 0 Å². The van der Waals surface area contributed by atoms with E-state index in [1.807, 2.05) is 0 Å². The molecule has 33 heavy (non-hydrogen) atoms. The fourth-order valence-electron chi connectivity index (χ4n) is 3.13. The van der Waals surface area contributed by atoms with E-state index in [0.717, 1.165) is 22.2 Å². The van der Waals surface area contributed by atoms with Gasteiger partial charge in [-0.3, -0.25) is 9.51 Å². The lowest BCUT2D eigenvalue weighted by atomic mass is 10.1. The van der Waals surface area contributed by atoms with Gasteiger partial charge in [-0.25, -0.2) is 9.78 Å². The number of nitrogens with zero attached hydrogens (tertiary/aromatic N) is 5. The number of aromatic amines is 1. The number of nitrogens with one attached hydrogen (secondary N) is 1. The van der Waals surface area contributed by atoms with Crippen molar-refractivity contribution in [3.8, 4) is 23.0 Å². The maximum absolute atomic E-state index is 13.0. The normalized spacial score (nSPS) is 12.0. The number of aromatic nitrogens is 6. The second kappa shape index (κ2) is 7.74. The average Bonchev–Trinajstić information content (AvgIpc) is 3.47. The van der Waals surface area contributed by atoms with Crippen LogP contribution < -0.4 is 5.76 Å². The molecule has 5 aromatic rings. The van der Waals surface area contributed by atoms with Crippen molar-refractivity contribution in [1.82, 2.24) is 29.7 Å². The predicted molar refractivity (Wildman–Crippen MR) is 109 cm³/mol. The predicted octanol–water partition coefficient (Wildman–Crippen LogP) is 4.64. The fraction of sp³-hybridized carbons (Fsp3) is 0.105. The second-order valence-electron chi connectivity index (χ2n) is 6.89. The molecule has 0 atom stereocenters. The Bertz CT molecular complexity index is 1550. The number of alkyl halides is 3. The first-order valence-corrected chi connectivity index (χ1v) is 9.86. The van der Waals surface area contributed by atoms with Crippen LogP contribution in [0.3, 0.4) is 0 Å². The molecule has 0 saturated heterocycles. The molecule has 1 aromatic carbocycles. The Labute approximate surface area is 190 Å². The molecule has 1 N–H and O–H groups in total. The molecule has 168 valence electrons. The molecular formula is C19H9Cl2F3N6O3. The largest absolute Gasteiger partial charge is 0.438 e. The molecule has 0 bridgehead atoms. The standard InChI is InChI=1S/C19H9Cl2F3N6O3/c20-11-3-8(4-14-26-18(31)33-28-14)1-2-10(11)15-27-17(32-29-15)13-7-30-6-9(19(22,23)24)5-12(21)16(30)25-13/h1-3,5-7H,4H2,(H,26,28,31). The van der Waals surface area contributed by atoms with Crippen LogP contribution in [-0.2, 0) is 12.6 Å². The summed E-state index contributed by atoms with van der Waals surface area (Å²) in [6.07, 6.45) is -2.11. The number of fused-ring (bicyclic) bond motifs is 1. The van der Waals surface area contributed by atoms with E-state index >= 15 is 0 Å². The van der Waals surface area contributed by atoms with E-state index in [0.29, 0.717) is 16.4 Å². The van der Waals surface area contributed by atoms with Crippen LogP contribution in [0.25, 0.3) is 28.6 Å². The van der Waals surface area contributed by atoms with Crippen molar-refractivity contribution in [2.45, 2.75) is 12.6 Å². The zero-order chi connectivity index (χ0) is 23.3. The summed E-state index contributed by atoms with van der Waals surface area (Å²) in [6, 6.07) is 5.82. The minimum absolute atomic E-state index is 0.0290. The van der Waals surface area contributed by atoms with E-state index in [-0.39, 0.29) is 34.5 Å². The Morgan fingerprint density at radius 1 is 1.03 bits per heavy atom. The lowest BCUT2D eigenvalue weighted by Crippen LogP contribution is -2.06. The van der Waals surface area contributed by atoms with Gasteiger partial charge in [0.2, 0.25) is 5.82 Å². The molecule has 0 spiro atoms. The van der Waals surface area contributed by atoms with E-state index in [9.17, 15) is 18.0 Å². The highest BCUT2D eigenvalue weighted by Crippen LogP contribution is 2.34. The molecule has 14 heteroatoms. The van der Waals surface area contributed by atoms with Crippen LogP contribution in [0.4, 0.5) is 13.2 Å². The molecule has 0 fully saturated rings. The van der Waals surface area contributed by atoms with Gasteiger partial charge < -0.3 is 8.92 Å². The first-order valence-electron chi connectivity index (χ1n) is 9.10. The highest BCUT2D eigenvalue weighted by atomic mass is 35.5. The number of benzene rings is 1. The Balaban J connectivity index is 1.45. The second-order valence-corrected chi connectivity index (χ2v) is 7.70. The number of imidazole rings is 1. The van der Waals surface area contributed by atoms with Gasteiger partial charge >= 0.3 is 11.9 Å². The Morgan fingerprint density at radius 2 is 1.85 bits per heavy atom. The minimum Gasteiger partial charge on any atom is -0.332 e. The molecule has 0 aliphatic carbocycles. The van der Waals surface area contributed by atoms with Gasteiger partial charge in [-0.15, -0.1) is 0 Å². The van der Waals surface area contributed by atoms with Crippen molar-refractivity contribution in [1.29, 1.82) is 0 Å². The number of pyridine rings is 1. The summed E-state index contributed by atoms with van der Waals surface area (Å²) in [6.45, 7) is 0. The number of rotatable bonds is 4. The van der Waals surface area contributed by atoms with Gasteiger partial charge in [0, 0.05) is 24.4 Å². The maximum atomic E-state index is 13.0. The number of hydrogen-bond donors (Lipinski definition) is 1. The molecule has 0 aliphatic heterocycles. The van der Waals surface area contributed by atoms with E-state index < -0.39 is 17.5 Å². The SMILES string of the molecule is O=c1[nH]c(Cc2ccc(-c3noc(-c4cn5cc(C(F)(F)F)cc(Cl)c5n4)n3)c(Cl)c2)no1. The molecule has 5 rings (SSSR count). The third-order valence-corrected chi connectivity index (χ3v) is 5.20. The molecule has 4 aromatic heterocycles. The van der Waals surface area contributed by atoms with Crippen LogP contribution in [0.5, 0.6) is 0 Å². The molecule has 0 radical (unpaired) electrons. The van der Waals surface area contributed by atoms with Gasteiger partial charge in [0.1, 0.15) is 5.69 Å². The average molecular weight is 497 g/mol. The first-order chi connectivity index (χ1) is 15.7. The van der Waals surface area contributed by atoms with Gasteiger partial charge in [0.15, 0.2) is 11.5 Å². The monoisotopic (exact) mass is 496 g/mol. The molecular weight excluding hydrogens is 488 g/mol. The fourth-order valence-corrected chi connectivity index (χ4v) is 3.68. The zero-order valence-electron chi connectivity index (χ0n) is 16.0. The van der Waals surface area contributed by atoms with Crippen molar-refractivity contribution in [2.75, 3.05) is 0 Å². The van der Waals surface area contributed by atoms with Crippen LogP contribution in [0.15, 0.2) is 50.5 Å². The molecule has 0 saturated carbocycles. The highest BCUT2D eigenvalue weighted by Gasteiger charge is 2.32. The number of H-pyrrole nitrogens is 1. The summed E-state index contributed by atoms with van der Waals surface area (Å²) < 4.78 is 49.9. The van der Waals surface area contributed by atoms with Gasteiger partial charge in [-0.2, -0.15) is 18.2 Å². The van der Waals surface area contributed by atoms with Gasteiger partial charge in [0.25, 0.3) is 5.89 Å². The Kier molecular flexibility index (Phi) is 4.98. The van der Waals surface area contributed by atoms with E-state index in [1.54, 1.807) is 18.2 Å². The summed E-state index contributed by atoms with van der Waals surface area (Å²) in [5, 5.41) is 7.60. The number of halogens is 5. The van der Waals surface area contributed by atoms with E-state index in [1.165, 1.54) is 6.20 Å². The summed E-state index contributed by atoms with van der Waals surface area (Å²) in [5.74, 6) is -0.200. The molecule has 0 unspecified atom stereocenters. The highest BCUT2D eigenvalue weighted by molar-refractivity contribution is 6.33. The quantitative estimate of drug-likeness (QED) is 0.385. The third kappa shape index (κ3) is 4.10. The molecule has 9 nitrogen and oxygen atoms in total. The van der Waals surface area contributed by atoms with Crippen molar-refractivity contribution >= 4 is 28.8 Å². The zero-order valence-corrected chi connectivity index (χ0v) is 17.5. The maximum Gasteiger partial charge on any atom is 0.438 e. The molecule has 0 amide bonds. The minimum atomic E-state index is -4.56. The Hall–Kier alpha value is -3.64. The van der Waals surface area contributed by atoms with Crippen LogP contribution in [0.2, 0.25) is 10.0 Å². The van der Waals surface area contributed by atoms with Crippen LogP contribution in [0, 0.1) is 0 Å². The number of hydrogen-bond acceptors (Lipinski definition) is 7. The first kappa shape index (κ1) is 21.2. The van der Waals surface area contributed by atoms with E-state index in [4.69, 9.17) is 27.7 Å². The smallest absolute Gasteiger partial charge is 0.332 e. The molecule has 0 aliphatic rings. The van der Waals surface area contributed by atoms with Gasteiger partial charge in [-0.1, -0.05) is 39.6 Å². The topological polar surface area (TPSA) is 115 Å². The summed E-state index contributed by atoms with van der Waals surface area (Å²) in [5.41, 5.74) is 0.514. The van der Waals surface area contributed by atoms with Crippen LogP contribution in [0.1, 0.15) is 17.0 Å². The summed E-state index contributed by atoms with van der Waals surface area (Å²) >= 11 is 12.3. The van der Waals surface area contributed by atoms with Crippen LogP contribution in [-0.4, -0.2) is 29.7 Å². The lowest BCUT2D eigenvalue weighted by Gasteiger charge is -2.07. The lowest BCUT2D eigenvalue weighted by molar-refractivity contribution is -0.137. The van der Waals surface area contributed by atoms with E-state index in [2.05, 4.69) is 29.8 Å².